The summed E-state index contributed by atoms with van der Waals surface area (Å²) in [5.41, 5.74) is 24.1. The van der Waals surface area contributed by atoms with Gasteiger partial charge in [-0.15, -0.1) is 0 Å². The van der Waals surface area contributed by atoms with Crippen LogP contribution in [0.2, 0.25) is 0 Å². The largest absolute Gasteiger partial charge is 0.391 e. The Labute approximate surface area is 473 Å². The zero-order valence-electron chi connectivity index (χ0n) is 47.3. The minimum absolute atomic E-state index is 0.0650. The van der Waals surface area contributed by atoms with Crippen molar-refractivity contribution in [1.82, 2.24) is 53.2 Å². The molecule has 452 valence electrons. The summed E-state index contributed by atoms with van der Waals surface area (Å²) in [4.78, 5) is 141. The predicted molar refractivity (Wildman–Crippen MR) is 298 cm³/mol. The van der Waals surface area contributed by atoms with Crippen LogP contribution in [0.3, 0.4) is 0 Å². The number of carbonyl (C=O) groups is 10. The monoisotopic (exact) mass is 1140 g/mol. The maximum absolute atomic E-state index is 14.5. The lowest BCUT2D eigenvalue weighted by Gasteiger charge is -2.56. The van der Waals surface area contributed by atoms with E-state index in [4.69, 9.17) is 22.9 Å². The third-order valence-electron chi connectivity index (χ3n) is 15.8. The number of amides is 10. The molecule has 20 N–H and O–H groups in total. The van der Waals surface area contributed by atoms with Crippen molar-refractivity contribution in [3.63, 3.8) is 0 Å². The summed E-state index contributed by atoms with van der Waals surface area (Å²) in [5.74, 6) is -6.90. The van der Waals surface area contributed by atoms with Gasteiger partial charge < -0.3 is 86.3 Å². The van der Waals surface area contributed by atoms with Crippen LogP contribution in [0.5, 0.6) is 0 Å². The van der Waals surface area contributed by atoms with Gasteiger partial charge >= 0.3 is 0 Å². The molecule has 1 saturated heterocycles. The second kappa shape index (κ2) is 31.2. The maximum Gasteiger partial charge on any atom is 0.245 e. The van der Waals surface area contributed by atoms with Gasteiger partial charge in [0, 0.05) is 19.4 Å². The van der Waals surface area contributed by atoms with Gasteiger partial charge in [-0.1, -0.05) is 44.2 Å². The van der Waals surface area contributed by atoms with Crippen LogP contribution in [0.25, 0.3) is 0 Å². The van der Waals surface area contributed by atoms with Crippen molar-refractivity contribution in [1.29, 1.82) is 0 Å². The molecule has 4 bridgehead atoms. The van der Waals surface area contributed by atoms with Crippen LogP contribution in [0.15, 0.2) is 30.3 Å². The van der Waals surface area contributed by atoms with E-state index in [-0.39, 0.29) is 82.5 Å². The second-order valence-corrected chi connectivity index (χ2v) is 23.2. The molecule has 0 aromatic heterocycles. The Hall–Kier alpha value is -6.32. The summed E-state index contributed by atoms with van der Waals surface area (Å²) in [5, 5.41) is 47.7. The lowest BCUT2D eigenvalue weighted by Crippen LogP contribution is -2.61. The SMILES string of the molecule is CC(C)C[C@@H]1NC(=O)[C@@H](Cc2ccccc2)NC(=O)[C@H](CCN)NC(=O)[C@@H](NC(=O)[C@H](CCN)NC(=O)[C@@H](NC(=O)CC23CC4CC(CC(C4)C2)C3)[C@@H](C)O)CCNC(=O)[C@H]([C@@H](C)O)NC(=O)[C@H](CCN)NC(=O)[C@H](CCN)NC1=O. The molecule has 4 aliphatic carbocycles. The number of rotatable bonds is 21. The van der Waals surface area contributed by atoms with Gasteiger partial charge in [0.2, 0.25) is 59.1 Å². The van der Waals surface area contributed by atoms with E-state index in [0.29, 0.717) is 23.3 Å². The summed E-state index contributed by atoms with van der Waals surface area (Å²) < 4.78 is 0. The van der Waals surface area contributed by atoms with Crippen LogP contribution < -0.4 is 76.1 Å². The van der Waals surface area contributed by atoms with Gasteiger partial charge in [-0.3, -0.25) is 47.9 Å². The fourth-order valence-corrected chi connectivity index (χ4v) is 12.3. The molecule has 5 fully saturated rings. The topological polar surface area (TPSA) is 436 Å². The van der Waals surface area contributed by atoms with Gasteiger partial charge in [0.05, 0.1) is 12.2 Å². The molecule has 6 rings (SSSR count). The highest BCUT2D eigenvalue weighted by Crippen LogP contribution is 2.61. The van der Waals surface area contributed by atoms with E-state index >= 15 is 0 Å². The Morgan fingerprint density at radius 1 is 0.605 bits per heavy atom. The molecule has 1 aromatic rings. The van der Waals surface area contributed by atoms with Crippen molar-refractivity contribution in [3.8, 4) is 0 Å². The van der Waals surface area contributed by atoms with Crippen LogP contribution in [0.4, 0.5) is 0 Å². The molecule has 1 aromatic carbocycles. The lowest BCUT2D eigenvalue weighted by atomic mass is 9.49. The Balaban J connectivity index is 1.45. The molecule has 1 heterocycles. The van der Waals surface area contributed by atoms with Gasteiger partial charge in [0.1, 0.15) is 54.4 Å². The number of nitrogens with one attached hydrogen (secondary N) is 10. The zero-order valence-corrected chi connectivity index (χ0v) is 47.3. The first-order chi connectivity index (χ1) is 38.5. The van der Waals surface area contributed by atoms with Crippen molar-refractivity contribution in [2.24, 2.45) is 52.0 Å². The average Bonchev–Trinajstić information content (AvgIpc) is 3.47. The minimum Gasteiger partial charge on any atom is -0.391 e. The smallest absolute Gasteiger partial charge is 0.245 e. The molecule has 11 atom stereocenters. The number of aliphatic hydroxyl groups is 2. The molecule has 0 spiro atoms. The van der Waals surface area contributed by atoms with Crippen molar-refractivity contribution in [2.75, 3.05) is 32.7 Å². The standard InChI is InChI=1S/C55H90N14O12/c1-29(2)20-41-51(78)63-36(10-15-56)46(73)62-39(13-18-59)50(77)69-44(30(3)70)53(80)60-19-14-40(49(76)61-37(11-16-57)48(75)67-42(52(79)66-41)24-32-8-6-5-7-9-32)64-47(74)38(12-17-58)65-54(81)45(31(4)71)68-43(72)28-55-25-33-21-34(26-55)23-35(22-33)27-55/h5-9,29-31,33-42,44-45,70-71H,10-28,56-59H2,1-4H3,(H,60,80)(H,61,76)(H,62,73)(H,63,78)(H,64,74)(H,65,81)(H,66,79)(H,67,75)(H,68,72)(H,69,77)/t30-,31-,33?,34?,35?,36+,37+,38+,39+,40+,41+,42-,44+,45+,55?/m1/s1. The van der Waals surface area contributed by atoms with Crippen molar-refractivity contribution < 1.29 is 58.2 Å². The highest BCUT2D eigenvalue weighted by atomic mass is 16.3. The molecular formula is C55H90N14O12. The molecule has 4 saturated carbocycles. The summed E-state index contributed by atoms with van der Waals surface area (Å²) in [6.07, 6.45) is 2.49. The Morgan fingerprint density at radius 3 is 1.58 bits per heavy atom. The first-order valence-electron chi connectivity index (χ1n) is 28.7. The quantitative estimate of drug-likeness (QED) is 0.0557. The molecular weight excluding hydrogens is 1050 g/mol. The first-order valence-corrected chi connectivity index (χ1v) is 28.7. The number of nitrogens with two attached hydrogens (primary N) is 4. The predicted octanol–water partition coefficient (Wildman–Crippen LogP) is -4.08. The van der Waals surface area contributed by atoms with Crippen LogP contribution in [0.1, 0.15) is 117 Å². The first kappa shape index (κ1) is 65.5. The molecule has 0 radical (unpaired) electrons. The van der Waals surface area contributed by atoms with Crippen LogP contribution >= 0.6 is 0 Å². The van der Waals surface area contributed by atoms with Crippen molar-refractivity contribution >= 4 is 59.1 Å². The zero-order chi connectivity index (χ0) is 59.6. The summed E-state index contributed by atoms with van der Waals surface area (Å²) in [6, 6.07) is -4.38. The lowest BCUT2D eigenvalue weighted by molar-refractivity contribution is -0.138. The molecule has 10 amide bonds. The van der Waals surface area contributed by atoms with E-state index in [1.54, 1.807) is 44.2 Å². The van der Waals surface area contributed by atoms with Gasteiger partial charge in [0.25, 0.3) is 0 Å². The van der Waals surface area contributed by atoms with Gasteiger partial charge in [-0.2, -0.15) is 0 Å². The summed E-state index contributed by atoms with van der Waals surface area (Å²) >= 11 is 0. The Morgan fingerprint density at radius 2 is 1.09 bits per heavy atom. The summed E-state index contributed by atoms with van der Waals surface area (Å²) in [6.45, 7) is 5.20. The van der Waals surface area contributed by atoms with E-state index in [0.717, 1.165) is 19.3 Å². The second-order valence-electron chi connectivity index (χ2n) is 23.2. The highest BCUT2D eigenvalue weighted by Gasteiger charge is 2.52. The van der Waals surface area contributed by atoms with Crippen LogP contribution in [-0.2, 0) is 54.4 Å². The van der Waals surface area contributed by atoms with Crippen molar-refractivity contribution in [2.45, 2.75) is 184 Å². The fourth-order valence-electron chi connectivity index (χ4n) is 12.3. The Bertz CT molecular complexity index is 2310. The molecule has 1 aliphatic heterocycles. The fraction of sp³-hybridized carbons (Fsp3) is 0.709. The minimum atomic E-state index is -1.65. The molecule has 26 heteroatoms. The van der Waals surface area contributed by atoms with E-state index < -0.39 is 139 Å². The molecule has 26 nitrogen and oxygen atoms in total. The maximum atomic E-state index is 14.5. The van der Waals surface area contributed by atoms with Crippen LogP contribution in [0, 0.1) is 29.1 Å². The number of aliphatic hydroxyl groups excluding tert-OH is 2. The number of benzene rings is 1. The highest BCUT2D eigenvalue weighted by molar-refractivity contribution is 5.99. The van der Waals surface area contributed by atoms with Gasteiger partial charge in [0.15, 0.2) is 0 Å². The number of hydrogen-bond donors (Lipinski definition) is 16. The molecule has 81 heavy (non-hydrogen) atoms. The molecule has 0 unspecified atom stereocenters. The molecule has 5 aliphatic rings. The van der Waals surface area contributed by atoms with Crippen molar-refractivity contribution in [3.05, 3.63) is 35.9 Å². The van der Waals surface area contributed by atoms with E-state index in [1.807, 2.05) is 0 Å². The van der Waals surface area contributed by atoms with Gasteiger partial charge in [-0.25, -0.2) is 0 Å². The van der Waals surface area contributed by atoms with E-state index in [9.17, 15) is 58.2 Å². The third-order valence-corrected chi connectivity index (χ3v) is 15.8. The third kappa shape index (κ3) is 19.4. The van der Waals surface area contributed by atoms with Crippen LogP contribution in [-0.4, -0.2) is 169 Å². The number of hydrogen-bond acceptors (Lipinski definition) is 16. The summed E-state index contributed by atoms with van der Waals surface area (Å²) in [7, 11) is 0. The number of carbonyl (C=O) groups excluding carboxylic acids is 10. The van der Waals surface area contributed by atoms with E-state index in [1.165, 1.54) is 33.1 Å². The average molecular weight is 1140 g/mol. The normalized spacial score (nSPS) is 29.5. The van der Waals surface area contributed by atoms with Gasteiger partial charge in [-0.05, 0) is 152 Å². The Kier molecular flexibility index (Phi) is 25.2. The van der Waals surface area contributed by atoms with E-state index in [2.05, 4.69) is 53.2 Å².